The second kappa shape index (κ2) is 13.8. The standard InChI is InChI=1S/C24H33N5O3.HI/c1-4-25-23(27-17-19-10-11-21(31-2)22(15-19)32-3)26-16-18-8-7-9-20(14-18)28-24(30)29-12-5-6-13-29;/h7-11,14-15H,4-6,12-13,16-17H2,1-3H3,(H,28,30)(H2,25,26,27);1H. The minimum Gasteiger partial charge on any atom is -0.493 e. The molecule has 0 radical (unpaired) electrons. The molecule has 0 aromatic heterocycles. The van der Waals surface area contributed by atoms with Gasteiger partial charge in [-0.05, 0) is 55.2 Å². The number of carbonyl (C=O) groups excluding carboxylic acids is 1. The summed E-state index contributed by atoms with van der Waals surface area (Å²) in [5, 5.41) is 9.60. The number of anilines is 1. The number of guanidine groups is 1. The van der Waals surface area contributed by atoms with Gasteiger partial charge in [0.25, 0.3) is 0 Å². The molecule has 1 aliphatic heterocycles. The van der Waals surface area contributed by atoms with Gasteiger partial charge in [0.15, 0.2) is 17.5 Å². The monoisotopic (exact) mass is 567 g/mol. The van der Waals surface area contributed by atoms with Crippen LogP contribution in [0.25, 0.3) is 0 Å². The van der Waals surface area contributed by atoms with Gasteiger partial charge in [0, 0.05) is 31.9 Å². The quantitative estimate of drug-likeness (QED) is 0.253. The van der Waals surface area contributed by atoms with Gasteiger partial charge < -0.3 is 30.3 Å². The number of rotatable bonds is 8. The number of aliphatic imine (C=N–C) groups is 1. The number of urea groups is 1. The molecule has 0 saturated carbocycles. The Balaban J connectivity index is 0.00000385. The van der Waals surface area contributed by atoms with E-state index in [-0.39, 0.29) is 30.0 Å². The Morgan fingerprint density at radius 1 is 1.00 bits per heavy atom. The molecule has 180 valence electrons. The van der Waals surface area contributed by atoms with Crippen molar-refractivity contribution in [3.63, 3.8) is 0 Å². The van der Waals surface area contributed by atoms with Gasteiger partial charge in [0.1, 0.15) is 0 Å². The number of benzene rings is 2. The number of ether oxygens (including phenoxy) is 2. The van der Waals surface area contributed by atoms with Gasteiger partial charge in [0.05, 0.1) is 20.8 Å². The third-order valence-corrected chi connectivity index (χ3v) is 5.24. The topological polar surface area (TPSA) is 87.2 Å². The van der Waals surface area contributed by atoms with Crippen LogP contribution in [0.3, 0.4) is 0 Å². The number of methoxy groups -OCH3 is 2. The van der Waals surface area contributed by atoms with Crippen LogP contribution in [0, 0.1) is 0 Å². The van der Waals surface area contributed by atoms with E-state index in [1.165, 1.54) is 0 Å². The summed E-state index contributed by atoms with van der Waals surface area (Å²) < 4.78 is 10.7. The van der Waals surface area contributed by atoms with E-state index in [0.717, 1.165) is 49.3 Å². The Morgan fingerprint density at radius 3 is 2.45 bits per heavy atom. The average Bonchev–Trinajstić information content (AvgIpc) is 3.36. The first-order chi connectivity index (χ1) is 15.6. The first kappa shape index (κ1) is 26.6. The van der Waals surface area contributed by atoms with Gasteiger partial charge in [-0.3, -0.25) is 0 Å². The molecule has 0 spiro atoms. The lowest BCUT2D eigenvalue weighted by Gasteiger charge is -2.16. The second-order valence-electron chi connectivity index (χ2n) is 7.56. The van der Waals surface area contributed by atoms with Crippen molar-refractivity contribution in [1.29, 1.82) is 0 Å². The highest BCUT2D eigenvalue weighted by Crippen LogP contribution is 2.27. The fourth-order valence-electron chi connectivity index (χ4n) is 3.56. The van der Waals surface area contributed by atoms with Gasteiger partial charge in [-0.1, -0.05) is 18.2 Å². The fourth-order valence-corrected chi connectivity index (χ4v) is 3.56. The van der Waals surface area contributed by atoms with E-state index in [9.17, 15) is 4.79 Å². The summed E-state index contributed by atoms with van der Waals surface area (Å²) in [5.74, 6) is 2.11. The SMILES string of the molecule is CCNC(=NCc1cccc(NC(=O)N2CCCC2)c1)NCc1ccc(OC)c(OC)c1.I. The normalized spacial score (nSPS) is 13.2. The third kappa shape index (κ3) is 7.99. The Bertz CT molecular complexity index is 932. The van der Waals surface area contributed by atoms with Crippen LogP contribution in [0.15, 0.2) is 47.5 Å². The zero-order chi connectivity index (χ0) is 22.8. The van der Waals surface area contributed by atoms with Crippen LogP contribution in [-0.4, -0.2) is 50.7 Å². The summed E-state index contributed by atoms with van der Waals surface area (Å²) in [5.41, 5.74) is 2.87. The summed E-state index contributed by atoms with van der Waals surface area (Å²) in [6, 6.07) is 13.6. The molecular weight excluding hydrogens is 533 g/mol. The Kier molecular flexibility index (Phi) is 11.1. The molecule has 3 N–H and O–H groups in total. The minimum absolute atomic E-state index is 0. The molecule has 1 saturated heterocycles. The summed E-state index contributed by atoms with van der Waals surface area (Å²) in [6.07, 6.45) is 2.15. The molecule has 8 nitrogen and oxygen atoms in total. The highest BCUT2D eigenvalue weighted by atomic mass is 127. The molecule has 1 fully saturated rings. The summed E-state index contributed by atoms with van der Waals surface area (Å²) in [4.78, 5) is 18.9. The van der Waals surface area contributed by atoms with E-state index in [1.807, 2.05) is 54.3 Å². The van der Waals surface area contributed by atoms with Gasteiger partial charge in [-0.15, -0.1) is 24.0 Å². The molecule has 3 rings (SSSR count). The van der Waals surface area contributed by atoms with Crippen LogP contribution < -0.4 is 25.4 Å². The van der Waals surface area contributed by atoms with Gasteiger partial charge in [-0.2, -0.15) is 0 Å². The number of halogens is 1. The Morgan fingerprint density at radius 2 is 1.76 bits per heavy atom. The van der Waals surface area contributed by atoms with Crippen molar-refractivity contribution in [2.75, 3.05) is 39.2 Å². The number of carbonyl (C=O) groups is 1. The number of likely N-dealkylation sites (tertiary alicyclic amines) is 1. The molecule has 1 heterocycles. The van der Waals surface area contributed by atoms with Crippen LogP contribution in [0.1, 0.15) is 30.9 Å². The molecule has 0 aliphatic carbocycles. The fraction of sp³-hybridized carbons (Fsp3) is 0.417. The molecular formula is C24H34IN5O3. The van der Waals surface area contributed by atoms with Gasteiger partial charge in [0.2, 0.25) is 0 Å². The van der Waals surface area contributed by atoms with Crippen LogP contribution in [0.5, 0.6) is 11.5 Å². The summed E-state index contributed by atoms with van der Waals surface area (Å²) in [6.45, 7) is 5.53. The maximum Gasteiger partial charge on any atom is 0.321 e. The number of amides is 2. The number of nitrogens with zero attached hydrogens (tertiary/aromatic N) is 2. The lowest BCUT2D eigenvalue weighted by molar-refractivity contribution is 0.222. The molecule has 2 amide bonds. The van der Waals surface area contributed by atoms with Crippen molar-refractivity contribution in [1.82, 2.24) is 15.5 Å². The van der Waals surface area contributed by atoms with Crippen molar-refractivity contribution in [2.24, 2.45) is 4.99 Å². The van der Waals surface area contributed by atoms with Crippen molar-refractivity contribution >= 4 is 41.7 Å². The number of hydrogen-bond donors (Lipinski definition) is 3. The third-order valence-electron chi connectivity index (χ3n) is 5.24. The van der Waals surface area contributed by atoms with E-state index in [1.54, 1.807) is 14.2 Å². The maximum absolute atomic E-state index is 12.3. The minimum atomic E-state index is -0.0342. The zero-order valence-electron chi connectivity index (χ0n) is 19.5. The summed E-state index contributed by atoms with van der Waals surface area (Å²) in [7, 11) is 3.25. The van der Waals surface area contributed by atoms with Gasteiger partial charge >= 0.3 is 6.03 Å². The van der Waals surface area contributed by atoms with E-state index < -0.39 is 0 Å². The lowest BCUT2D eigenvalue weighted by atomic mass is 10.2. The Hall–Kier alpha value is -2.69. The lowest BCUT2D eigenvalue weighted by Crippen LogP contribution is -2.36. The van der Waals surface area contributed by atoms with E-state index >= 15 is 0 Å². The van der Waals surface area contributed by atoms with Crippen molar-refractivity contribution < 1.29 is 14.3 Å². The molecule has 0 atom stereocenters. The van der Waals surface area contributed by atoms with Crippen molar-refractivity contribution in [3.05, 3.63) is 53.6 Å². The molecule has 1 aliphatic rings. The smallest absolute Gasteiger partial charge is 0.321 e. The summed E-state index contributed by atoms with van der Waals surface area (Å²) >= 11 is 0. The van der Waals surface area contributed by atoms with Crippen LogP contribution >= 0.6 is 24.0 Å². The first-order valence-corrected chi connectivity index (χ1v) is 11.0. The molecule has 33 heavy (non-hydrogen) atoms. The number of hydrogen-bond acceptors (Lipinski definition) is 4. The highest BCUT2D eigenvalue weighted by molar-refractivity contribution is 14.0. The van der Waals surface area contributed by atoms with E-state index in [0.29, 0.717) is 30.5 Å². The van der Waals surface area contributed by atoms with E-state index in [2.05, 4.69) is 20.9 Å². The van der Waals surface area contributed by atoms with Crippen LogP contribution in [0.2, 0.25) is 0 Å². The zero-order valence-corrected chi connectivity index (χ0v) is 21.8. The number of nitrogens with one attached hydrogen (secondary N) is 3. The maximum atomic E-state index is 12.3. The Labute approximate surface area is 213 Å². The predicted molar refractivity (Wildman–Crippen MR) is 143 cm³/mol. The van der Waals surface area contributed by atoms with Crippen LogP contribution in [0.4, 0.5) is 10.5 Å². The predicted octanol–water partition coefficient (Wildman–Crippen LogP) is 4.20. The molecule has 2 aromatic carbocycles. The van der Waals surface area contributed by atoms with Crippen molar-refractivity contribution in [2.45, 2.75) is 32.9 Å². The van der Waals surface area contributed by atoms with Crippen molar-refractivity contribution in [3.8, 4) is 11.5 Å². The highest BCUT2D eigenvalue weighted by Gasteiger charge is 2.17. The molecule has 9 heteroatoms. The molecule has 2 aromatic rings. The average molecular weight is 567 g/mol. The molecule has 0 bridgehead atoms. The van der Waals surface area contributed by atoms with Gasteiger partial charge in [-0.25, -0.2) is 9.79 Å². The first-order valence-electron chi connectivity index (χ1n) is 11.0. The van der Waals surface area contributed by atoms with Crippen LogP contribution in [-0.2, 0) is 13.1 Å². The molecule has 0 unspecified atom stereocenters. The largest absolute Gasteiger partial charge is 0.493 e. The van der Waals surface area contributed by atoms with E-state index in [4.69, 9.17) is 9.47 Å². The second-order valence-corrected chi connectivity index (χ2v) is 7.56.